The normalized spacial score (nSPS) is 8.42. The molecule has 0 aliphatic rings. The number of methoxy groups -OCH3 is 1. The Morgan fingerprint density at radius 3 is 2.25 bits per heavy atom. The van der Waals surface area contributed by atoms with Gasteiger partial charge in [-0.3, -0.25) is 0 Å². The average molecular weight is 188 g/mol. The third-order valence-corrected chi connectivity index (χ3v) is 1.33. The quantitative estimate of drug-likeness (QED) is 0.535. The molecule has 0 bridgehead atoms. The molecule has 0 aromatic heterocycles. The van der Waals surface area contributed by atoms with Gasteiger partial charge in [-0.2, -0.15) is 0 Å². The lowest BCUT2D eigenvalue weighted by atomic mass is 10.2. The molecule has 2 N–H and O–H groups in total. The van der Waals surface area contributed by atoms with Crippen LogP contribution in [0.2, 0.25) is 0 Å². The summed E-state index contributed by atoms with van der Waals surface area (Å²) in [6.07, 6.45) is 0. The predicted octanol–water partition coefficient (Wildman–Crippen LogP) is 1.48. The number of halogens is 1. The van der Waals surface area contributed by atoms with Gasteiger partial charge in [-0.1, -0.05) is 0 Å². The predicted molar refractivity (Wildman–Crippen MR) is 49.4 cm³/mol. The lowest BCUT2D eigenvalue weighted by Crippen LogP contribution is -2.00. The molecule has 0 spiro atoms. The minimum Gasteiger partial charge on any atom is -0.465 e. The Hall–Kier alpha value is -1.22. The van der Waals surface area contributed by atoms with Crippen LogP contribution in [0.3, 0.4) is 0 Å². The van der Waals surface area contributed by atoms with E-state index in [0.717, 1.165) is 0 Å². The smallest absolute Gasteiger partial charge is 0.337 e. The van der Waals surface area contributed by atoms with Crippen LogP contribution in [0.15, 0.2) is 24.3 Å². The number of carbonyl (C=O) groups is 1. The van der Waals surface area contributed by atoms with Gasteiger partial charge in [-0.15, -0.1) is 12.4 Å². The van der Waals surface area contributed by atoms with E-state index < -0.39 is 0 Å². The number of nitrogen functional groups attached to an aromatic ring is 1. The number of benzene rings is 1. The zero-order valence-corrected chi connectivity index (χ0v) is 7.43. The average Bonchev–Trinajstić information content (AvgIpc) is 2.05. The Bertz CT molecular complexity index is 258. The van der Waals surface area contributed by atoms with Gasteiger partial charge in [-0.25, -0.2) is 4.79 Å². The molecule has 12 heavy (non-hydrogen) atoms. The molecular formula is C8H10ClNO2. The first-order valence-electron chi connectivity index (χ1n) is 3.18. The molecule has 3 nitrogen and oxygen atoms in total. The summed E-state index contributed by atoms with van der Waals surface area (Å²) in [7, 11) is 1.35. The molecule has 0 saturated carbocycles. The van der Waals surface area contributed by atoms with Crippen LogP contribution in [0.25, 0.3) is 0 Å². The van der Waals surface area contributed by atoms with Gasteiger partial charge >= 0.3 is 5.97 Å². The van der Waals surface area contributed by atoms with E-state index in [0.29, 0.717) is 11.3 Å². The highest BCUT2D eigenvalue weighted by atomic mass is 35.5. The van der Waals surface area contributed by atoms with E-state index >= 15 is 0 Å². The van der Waals surface area contributed by atoms with Crippen LogP contribution in [0.5, 0.6) is 0 Å². The van der Waals surface area contributed by atoms with Crippen molar-refractivity contribution in [2.45, 2.75) is 0 Å². The van der Waals surface area contributed by atoms with Crippen molar-refractivity contribution in [2.24, 2.45) is 0 Å². The van der Waals surface area contributed by atoms with E-state index in [1.807, 2.05) is 0 Å². The molecule has 0 fully saturated rings. The maximum atomic E-state index is 10.9. The van der Waals surface area contributed by atoms with Gasteiger partial charge in [-0.05, 0) is 24.3 Å². The summed E-state index contributed by atoms with van der Waals surface area (Å²) in [4.78, 5) is 10.9. The number of anilines is 1. The van der Waals surface area contributed by atoms with Crippen LogP contribution in [-0.2, 0) is 4.74 Å². The first-order chi connectivity index (χ1) is 5.24. The third-order valence-electron chi connectivity index (χ3n) is 1.33. The first kappa shape index (κ1) is 10.8. The van der Waals surface area contributed by atoms with Crippen LogP contribution in [0.4, 0.5) is 5.69 Å². The van der Waals surface area contributed by atoms with Gasteiger partial charge < -0.3 is 10.5 Å². The van der Waals surface area contributed by atoms with E-state index in [1.165, 1.54) is 7.11 Å². The zero-order valence-electron chi connectivity index (χ0n) is 6.61. The molecular weight excluding hydrogens is 178 g/mol. The minimum atomic E-state index is -0.343. The first-order valence-corrected chi connectivity index (χ1v) is 3.18. The summed E-state index contributed by atoms with van der Waals surface area (Å²) in [5.74, 6) is -0.343. The Labute approximate surface area is 76.9 Å². The van der Waals surface area contributed by atoms with E-state index in [4.69, 9.17) is 5.73 Å². The topological polar surface area (TPSA) is 52.3 Å². The van der Waals surface area contributed by atoms with Gasteiger partial charge in [0, 0.05) is 5.69 Å². The minimum absolute atomic E-state index is 0. The molecule has 0 atom stereocenters. The molecule has 0 aliphatic heterocycles. The highest BCUT2D eigenvalue weighted by Gasteiger charge is 2.02. The van der Waals surface area contributed by atoms with Gasteiger partial charge in [0.15, 0.2) is 0 Å². The maximum absolute atomic E-state index is 10.9. The third kappa shape index (κ3) is 2.43. The number of hydrogen-bond donors (Lipinski definition) is 1. The molecule has 0 heterocycles. The largest absolute Gasteiger partial charge is 0.465 e. The van der Waals surface area contributed by atoms with E-state index in [1.54, 1.807) is 24.3 Å². The molecule has 1 aromatic rings. The second-order valence-corrected chi connectivity index (χ2v) is 2.11. The highest BCUT2D eigenvalue weighted by Crippen LogP contribution is 2.05. The Kier molecular flexibility index (Phi) is 4.15. The Balaban J connectivity index is 0.00000121. The van der Waals surface area contributed by atoms with Gasteiger partial charge in [0.05, 0.1) is 12.7 Å². The maximum Gasteiger partial charge on any atom is 0.337 e. The number of carbonyl (C=O) groups excluding carboxylic acids is 1. The fraction of sp³-hybridized carbons (Fsp3) is 0.125. The molecule has 0 unspecified atom stereocenters. The monoisotopic (exact) mass is 187 g/mol. The second-order valence-electron chi connectivity index (χ2n) is 2.11. The molecule has 1 aromatic carbocycles. The highest BCUT2D eigenvalue weighted by molar-refractivity contribution is 5.89. The summed E-state index contributed by atoms with van der Waals surface area (Å²) >= 11 is 0. The van der Waals surface area contributed by atoms with Crippen molar-refractivity contribution in [3.05, 3.63) is 29.8 Å². The van der Waals surface area contributed by atoms with Crippen LogP contribution in [0, 0.1) is 0 Å². The summed E-state index contributed by atoms with van der Waals surface area (Å²) in [6, 6.07) is 6.57. The van der Waals surface area contributed by atoms with Crippen molar-refractivity contribution in [1.82, 2.24) is 0 Å². The van der Waals surface area contributed by atoms with Crippen LogP contribution < -0.4 is 5.73 Å². The number of hydrogen-bond acceptors (Lipinski definition) is 3. The molecule has 66 valence electrons. The van der Waals surface area contributed by atoms with Crippen molar-refractivity contribution in [3.63, 3.8) is 0 Å². The number of rotatable bonds is 1. The molecule has 1 rings (SSSR count). The molecule has 0 radical (unpaired) electrons. The van der Waals surface area contributed by atoms with Gasteiger partial charge in [0.25, 0.3) is 0 Å². The lowest BCUT2D eigenvalue weighted by molar-refractivity contribution is 0.0601. The molecule has 0 aliphatic carbocycles. The van der Waals surface area contributed by atoms with Crippen molar-refractivity contribution >= 4 is 24.1 Å². The fourth-order valence-electron chi connectivity index (χ4n) is 0.737. The van der Waals surface area contributed by atoms with Crippen LogP contribution >= 0.6 is 12.4 Å². The van der Waals surface area contributed by atoms with Gasteiger partial charge in [0.2, 0.25) is 0 Å². The van der Waals surface area contributed by atoms with Crippen molar-refractivity contribution in [2.75, 3.05) is 12.8 Å². The summed E-state index contributed by atoms with van der Waals surface area (Å²) in [5.41, 5.74) is 6.57. The SMILES string of the molecule is COC(=O)c1ccc(N)cc1.Cl. The van der Waals surface area contributed by atoms with Crippen LogP contribution in [-0.4, -0.2) is 13.1 Å². The van der Waals surface area contributed by atoms with Crippen LogP contribution in [0.1, 0.15) is 10.4 Å². The summed E-state index contributed by atoms with van der Waals surface area (Å²) in [6.45, 7) is 0. The fourth-order valence-corrected chi connectivity index (χ4v) is 0.737. The zero-order chi connectivity index (χ0) is 8.27. The van der Waals surface area contributed by atoms with Crippen molar-refractivity contribution in [3.8, 4) is 0 Å². The number of nitrogens with two attached hydrogens (primary N) is 1. The molecule has 4 heteroatoms. The summed E-state index contributed by atoms with van der Waals surface area (Å²) in [5, 5.41) is 0. The molecule has 0 saturated heterocycles. The van der Waals surface area contributed by atoms with E-state index in [2.05, 4.69) is 4.74 Å². The van der Waals surface area contributed by atoms with Gasteiger partial charge in [0.1, 0.15) is 0 Å². The molecule has 0 amide bonds. The van der Waals surface area contributed by atoms with E-state index in [-0.39, 0.29) is 18.4 Å². The van der Waals surface area contributed by atoms with Crippen molar-refractivity contribution in [1.29, 1.82) is 0 Å². The van der Waals surface area contributed by atoms with E-state index in [9.17, 15) is 4.79 Å². The Morgan fingerprint density at radius 2 is 1.83 bits per heavy atom. The Morgan fingerprint density at radius 1 is 1.33 bits per heavy atom. The standard InChI is InChI=1S/C8H9NO2.ClH/c1-11-8(10)6-2-4-7(9)5-3-6;/h2-5H,9H2,1H3;1H. The second kappa shape index (κ2) is 4.62. The summed E-state index contributed by atoms with van der Waals surface area (Å²) < 4.78 is 4.50. The number of ether oxygens (including phenoxy) is 1. The number of esters is 1. The lowest BCUT2D eigenvalue weighted by Gasteiger charge is -1.97. The van der Waals surface area contributed by atoms with Crippen molar-refractivity contribution < 1.29 is 9.53 Å².